The summed E-state index contributed by atoms with van der Waals surface area (Å²) in [6, 6.07) is 39.9. The largest absolute Gasteiger partial charge is 0.448 e. The molecule has 0 bridgehead atoms. The van der Waals surface area contributed by atoms with Gasteiger partial charge in [0.15, 0.2) is 0 Å². The molecular weight excluding hydrogens is 508 g/mol. The van der Waals surface area contributed by atoms with Gasteiger partial charge in [-0.15, -0.1) is 0 Å². The van der Waals surface area contributed by atoms with Crippen molar-refractivity contribution < 1.29 is 9.53 Å². The fourth-order valence-corrected chi connectivity index (χ4v) is 5.76. The third-order valence-electron chi connectivity index (χ3n) is 7.85. The fourth-order valence-electron chi connectivity index (χ4n) is 5.76. The molecule has 0 saturated carbocycles. The van der Waals surface area contributed by atoms with Gasteiger partial charge in [-0.2, -0.15) is 0 Å². The van der Waals surface area contributed by atoms with Crippen LogP contribution < -0.4 is 0 Å². The highest BCUT2D eigenvalue weighted by molar-refractivity contribution is 5.81. The standard InChI is InChI=1S/C35H36N4O2/c40-35(41-25-24-37(26-28-12-4-1-5-13-28)27-29-14-6-2-7-15-29)38-22-20-31(21-23-38)39-33-19-11-10-18-32(33)36-34(39)30-16-8-3-9-17-30/h1-19,31H,20-27H2. The zero-order chi connectivity index (χ0) is 27.9. The molecule has 6 heteroatoms. The molecule has 0 aliphatic carbocycles. The normalized spacial score (nSPS) is 14.0. The number of imidazole rings is 1. The molecule has 1 aliphatic heterocycles. The SMILES string of the molecule is O=C(OCCN(Cc1ccccc1)Cc1ccccc1)N1CCC(n2c(-c3ccccc3)nc3ccccc32)CC1. The molecule has 1 aromatic heterocycles. The van der Waals surface area contributed by atoms with E-state index >= 15 is 0 Å². The van der Waals surface area contributed by atoms with Gasteiger partial charge >= 0.3 is 6.09 Å². The highest BCUT2D eigenvalue weighted by atomic mass is 16.6. The number of carbonyl (C=O) groups excluding carboxylic acids is 1. The predicted molar refractivity (Wildman–Crippen MR) is 163 cm³/mol. The van der Waals surface area contributed by atoms with Gasteiger partial charge in [0.05, 0.1) is 11.0 Å². The Morgan fingerprint density at radius 1 is 0.756 bits per heavy atom. The van der Waals surface area contributed by atoms with E-state index in [1.54, 1.807) is 0 Å². The number of nitrogens with zero attached hydrogens (tertiary/aromatic N) is 4. The van der Waals surface area contributed by atoms with E-state index in [9.17, 15) is 4.79 Å². The fraction of sp³-hybridized carbons (Fsp3) is 0.257. The molecule has 0 N–H and O–H groups in total. The first-order chi connectivity index (χ1) is 20.2. The first-order valence-corrected chi connectivity index (χ1v) is 14.5. The van der Waals surface area contributed by atoms with E-state index in [0.717, 1.165) is 48.4 Å². The Morgan fingerprint density at radius 2 is 1.32 bits per heavy atom. The molecular formula is C35H36N4O2. The third-order valence-corrected chi connectivity index (χ3v) is 7.85. The quantitative estimate of drug-likeness (QED) is 0.197. The molecule has 6 rings (SSSR count). The number of para-hydroxylation sites is 2. The van der Waals surface area contributed by atoms with Crippen LogP contribution in [0.3, 0.4) is 0 Å². The van der Waals surface area contributed by atoms with Crippen LogP contribution in [-0.2, 0) is 17.8 Å². The molecule has 6 nitrogen and oxygen atoms in total. The van der Waals surface area contributed by atoms with Gasteiger partial charge in [-0.05, 0) is 36.1 Å². The zero-order valence-corrected chi connectivity index (χ0v) is 23.3. The molecule has 1 amide bonds. The van der Waals surface area contributed by atoms with Crippen molar-refractivity contribution in [2.24, 2.45) is 0 Å². The van der Waals surface area contributed by atoms with Crippen molar-refractivity contribution in [1.29, 1.82) is 0 Å². The van der Waals surface area contributed by atoms with Crippen molar-refractivity contribution in [1.82, 2.24) is 19.4 Å². The van der Waals surface area contributed by atoms with E-state index < -0.39 is 0 Å². The van der Waals surface area contributed by atoms with E-state index in [-0.39, 0.29) is 12.1 Å². The summed E-state index contributed by atoms with van der Waals surface area (Å²) in [7, 11) is 0. The van der Waals surface area contributed by atoms with Gasteiger partial charge in [0, 0.05) is 44.3 Å². The Labute approximate surface area is 241 Å². The summed E-state index contributed by atoms with van der Waals surface area (Å²) < 4.78 is 8.18. The van der Waals surface area contributed by atoms with Crippen LogP contribution in [0, 0.1) is 0 Å². The van der Waals surface area contributed by atoms with Crippen LogP contribution in [0.2, 0.25) is 0 Å². The van der Waals surface area contributed by atoms with Crippen LogP contribution >= 0.6 is 0 Å². The molecule has 1 fully saturated rings. The Hall–Kier alpha value is -4.42. The Balaban J connectivity index is 1.07. The van der Waals surface area contributed by atoms with Crippen molar-refractivity contribution in [2.45, 2.75) is 32.0 Å². The van der Waals surface area contributed by atoms with Crippen LogP contribution in [0.1, 0.15) is 30.0 Å². The molecule has 0 atom stereocenters. The minimum atomic E-state index is -0.221. The van der Waals surface area contributed by atoms with Crippen molar-refractivity contribution in [2.75, 3.05) is 26.2 Å². The maximum absolute atomic E-state index is 13.1. The lowest BCUT2D eigenvalue weighted by Gasteiger charge is -2.33. The van der Waals surface area contributed by atoms with Crippen molar-refractivity contribution in [3.8, 4) is 11.4 Å². The van der Waals surface area contributed by atoms with E-state index in [2.05, 4.69) is 100 Å². The van der Waals surface area contributed by atoms with Crippen LogP contribution in [-0.4, -0.2) is 51.7 Å². The summed E-state index contributed by atoms with van der Waals surface area (Å²) >= 11 is 0. The van der Waals surface area contributed by atoms with Crippen molar-refractivity contribution in [3.63, 3.8) is 0 Å². The van der Waals surface area contributed by atoms with E-state index in [4.69, 9.17) is 9.72 Å². The lowest BCUT2D eigenvalue weighted by Crippen LogP contribution is -2.40. The second-order valence-electron chi connectivity index (χ2n) is 10.7. The number of hydrogen-bond donors (Lipinski definition) is 0. The molecule has 0 spiro atoms. The van der Waals surface area contributed by atoms with Crippen molar-refractivity contribution in [3.05, 3.63) is 126 Å². The highest BCUT2D eigenvalue weighted by Crippen LogP contribution is 2.33. The number of ether oxygens (including phenoxy) is 1. The minimum Gasteiger partial charge on any atom is -0.448 e. The Bertz CT molecular complexity index is 1500. The van der Waals surface area contributed by atoms with Crippen LogP contribution in [0.25, 0.3) is 22.4 Å². The number of amides is 1. The first kappa shape index (κ1) is 26.8. The number of aromatic nitrogens is 2. The van der Waals surface area contributed by atoms with Crippen LogP contribution in [0.4, 0.5) is 4.79 Å². The van der Waals surface area contributed by atoms with Crippen molar-refractivity contribution >= 4 is 17.1 Å². The summed E-state index contributed by atoms with van der Waals surface area (Å²) in [5.74, 6) is 0.991. The van der Waals surface area contributed by atoms with Gasteiger partial charge in [-0.3, -0.25) is 4.90 Å². The van der Waals surface area contributed by atoms with Gasteiger partial charge < -0.3 is 14.2 Å². The Morgan fingerprint density at radius 3 is 1.95 bits per heavy atom. The van der Waals surface area contributed by atoms with Gasteiger partial charge in [0.2, 0.25) is 0 Å². The number of hydrogen-bond acceptors (Lipinski definition) is 4. The molecule has 1 saturated heterocycles. The number of piperidine rings is 1. The second kappa shape index (κ2) is 12.8. The number of carbonyl (C=O) groups is 1. The first-order valence-electron chi connectivity index (χ1n) is 14.5. The number of fused-ring (bicyclic) bond motifs is 1. The second-order valence-corrected chi connectivity index (χ2v) is 10.7. The molecule has 0 radical (unpaired) electrons. The monoisotopic (exact) mass is 544 g/mol. The van der Waals surface area contributed by atoms with Gasteiger partial charge in [0.25, 0.3) is 0 Å². The molecule has 0 unspecified atom stereocenters. The molecule has 208 valence electrons. The molecule has 1 aliphatic rings. The summed E-state index contributed by atoms with van der Waals surface area (Å²) in [6.45, 7) is 3.99. The lowest BCUT2D eigenvalue weighted by molar-refractivity contribution is 0.0772. The van der Waals surface area contributed by atoms with Gasteiger partial charge in [0.1, 0.15) is 12.4 Å². The molecule has 2 heterocycles. The van der Waals surface area contributed by atoms with E-state index in [1.165, 1.54) is 11.1 Å². The number of likely N-dealkylation sites (tertiary alicyclic amines) is 1. The average molecular weight is 545 g/mol. The van der Waals surface area contributed by atoms with Crippen LogP contribution in [0.5, 0.6) is 0 Å². The average Bonchev–Trinajstić information content (AvgIpc) is 3.42. The summed E-state index contributed by atoms with van der Waals surface area (Å²) in [4.78, 5) is 22.2. The predicted octanol–water partition coefficient (Wildman–Crippen LogP) is 7.18. The topological polar surface area (TPSA) is 50.6 Å². The summed E-state index contributed by atoms with van der Waals surface area (Å²) in [5.41, 5.74) is 5.76. The van der Waals surface area contributed by atoms with E-state index in [1.807, 2.05) is 29.2 Å². The highest BCUT2D eigenvalue weighted by Gasteiger charge is 2.28. The molecule has 41 heavy (non-hydrogen) atoms. The molecule has 4 aromatic carbocycles. The number of benzene rings is 4. The Kier molecular flexibility index (Phi) is 8.38. The lowest BCUT2D eigenvalue weighted by atomic mass is 10.0. The number of rotatable bonds is 9. The summed E-state index contributed by atoms with van der Waals surface area (Å²) in [6.07, 6.45) is 1.51. The maximum Gasteiger partial charge on any atom is 0.409 e. The smallest absolute Gasteiger partial charge is 0.409 e. The van der Waals surface area contributed by atoms with Gasteiger partial charge in [-0.1, -0.05) is 103 Å². The maximum atomic E-state index is 13.1. The van der Waals surface area contributed by atoms with E-state index in [0.29, 0.717) is 26.2 Å². The zero-order valence-electron chi connectivity index (χ0n) is 23.3. The summed E-state index contributed by atoms with van der Waals surface area (Å²) in [5, 5.41) is 0. The minimum absolute atomic E-state index is 0.221. The third kappa shape index (κ3) is 6.50. The van der Waals surface area contributed by atoms with Crippen LogP contribution in [0.15, 0.2) is 115 Å². The molecule has 5 aromatic rings. The van der Waals surface area contributed by atoms with Gasteiger partial charge in [-0.25, -0.2) is 9.78 Å².